The van der Waals surface area contributed by atoms with E-state index in [2.05, 4.69) is 4.74 Å². The highest BCUT2D eigenvalue weighted by atomic mass is 16.6. The average Bonchev–Trinajstić information content (AvgIpc) is 2.05. The van der Waals surface area contributed by atoms with E-state index in [0.717, 1.165) is 12.8 Å². The van der Waals surface area contributed by atoms with Gasteiger partial charge in [-0.3, -0.25) is 9.59 Å². The smallest absolute Gasteiger partial charge is 0.296 e. The maximum atomic E-state index is 10.7. The predicted molar refractivity (Wildman–Crippen MR) is 45.4 cm³/mol. The Bertz CT molecular complexity index is 183. The van der Waals surface area contributed by atoms with Gasteiger partial charge >= 0.3 is 0 Å². The average molecular weight is 189 g/mol. The summed E-state index contributed by atoms with van der Waals surface area (Å²) in [5, 5.41) is 9.39. The predicted octanol–water partition coefficient (Wildman–Crippen LogP) is -0.0864. The van der Waals surface area contributed by atoms with E-state index >= 15 is 0 Å². The highest BCUT2D eigenvalue weighted by molar-refractivity contribution is 5.82. The van der Waals surface area contributed by atoms with E-state index in [-0.39, 0.29) is 12.9 Å². The molecule has 0 radical (unpaired) electrons. The second-order valence-electron chi connectivity index (χ2n) is 2.82. The van der Waals surface area contributed by atoms with Crippen molar-refractivity contribution in [1.82, 2.24) is 0 Å². The summed E-state index contributed by atoms with van der Waals surface area (Å²) in [6.07, 6.45) is 2.42. The number of rotatable bonds is 7. The molecule has 0 aromatic rings. The molecule has 1 unspecified atom stereocenters. The van der Waals surface area contributed by atoms with Crippen LogP contribution in [0.5, 0.6) is 0 Å². The van der Waals surface area contributed by atoms with Crippen LogP contribution in [0.4, 0.5) is 0 Å². The highest BCUT2D eigenvalue weighted by Gasteiger charge is 2.35. The van der Waals surface area contributed by atoms with Crippen LogP contribution >= 0.6 is 0 Å². The summed E-state index contributed by atoms with van der Waals surface area (Å²) < 4.78 is 4.24. The van der Waals surface area contributed by atoms with Crippen LogP contribution in [-0.4, -0.2) is 23.3 Å². The van der Waals surface area contributed by atoms with E-state index < -0.39 is 11.7 Å². The van der Waals surface area contributed by atoms with Gasteiger partial charge in [0.05, 0.1) is 0 Å². The van der Waals surface area contributed by atoms with E-state index in [4.69, 9.17) is 5.73 Å². The fourth-order valence-corrected chi connectivity index (χ4v) is 0.934. The molecule has 1 atom stereocenters. The molecule has 0 aliphatic heterocycles. The number of unbranched alkanes of at least 4 members (excludes halogenated alkanes) is 2. The Kier molecular flexibility index (Phi) is 5.06. The minimum Gasteiger partial charge on any atom is -0.426 e. The third kappa shape index (κ3) is 3.89. The number of primary amides is 1. The first-order valence-electron chi connectivity index (χ1n) is 4.20. The zero-order chi connectivity index (χ0) is 10.3. The molecule has 13 heavy (non-hydrogen) atoms. The maximum absolute atomic E-state index is 10.7. The molecule has 0 rings (SSSR count). The Labute approximate surface area is 76.9 Å². The lowest BCUT2D eigenvalue weighted by Crippen LogP contribution is -2.46. The van der Waals surface area contributed by atoms with Gasteiger partial charge in [-0.1, -0.05) is 19.8 Å². The molecule has 0 fully saturated rings. The van der Waals surface area contributed by atoms with Gasteiger partial charge in [0.1, 0.15) is 0 Å². The summed E-state index contributed by atoms with van der Waals surface area (Å²) in [5.41, 5.74) is 4.87. The summed E-state index contributed by atoms with van der Waals surface area (Å²) in [7, 11) is 0. The van der Waals surface area contributed by atoms with Crippen molar-refractivity contribution in [3.63, 3.8) is 0 Å². The number of carbonyl (C=O) groups is 2. The third-order valence-electron chi connectivity index (χ3n) is 1.75. The van der Waals surface area contributed by atoms with Crippen LogP contribution in [-0.2, 0) is 14.3 Å². The molecule has 0 heterocycles. The van der Waals surface area contributed by atoms with Crippen LogP contribution < -0.4 is 5.73 Å². The van der Waals surface area contributed by atoms with Gasteiger partial charge in [-0.2, -0.15) is 0 Å². The van der Waals surface area contributed by atoms with Crippen LogP contribution in [0.3, 0.4) is 0 Å². The molecule has 0 saturated carbocycles. The lowest BCUT2D eigenvalue weighted by molar-refractivity contribution is -0.201. The Morgan fingerprint density at radius 2 is 2.23 bits per heavy atom. The minimum atomic E-state index is -2.13. The van der Waals surface area contributed by atoms with Crippen LogP contribution in [0.1, 0.15) is 32.6 Å². The quantitative estimate of drug-likeness (QED) is 0.333. The fourth-order valence-electron chi connectivity index (χ4n) is 0.934. The topological polar surface area (TPSA) is 89.6 Å². The highest BCUT2D eigenvalue weighted by Crippen LogP contribution is 2.15. The molecule has 5 nitrogen and oxygen atoms in total. The number of hydrogen-bond donors (Lipinski definition) is 2. The maximum Gasteiger partial charge on any atom is 0.296 e. The van der Waals surface area contributed by atoms with E-state index in [1.165, 1.54) is 0 Å². The molecule has 0 aromatic carbocycles. The molecule has 5 heteroatoms. The van der Waals surface area contributed by atoms with Crippen molar-refractivity contribution in [2.75, 3.05) is 0 Å². The molecule has 0 aliphatic carbocycles. The summed E-state index contributed by atoms with van der Waals surface area (Å²) in [6, 6.07) is 0. The number of carbonyl (C=O) groups excluding carboxylic acids is 2. The summed E-state index contributed by atoms with van der Waals surface area (Å²) in [5.74, 6) is -3.16. The van der Waals surface area contributed by atoms with Gasteiger partial charge < -0.3 is 15.6 Å². The first kappa shape index (κ1) is 11.9. The van der Waals surface area contributed by atoms with Crippen LogP contribution in [0.25, 0.3) is 0 Å². The second-order valence-corrected chi connectivity index (χ2v) is 2.82. The zero-order valence-corrected chi connectivity index (χ0v) is 7.66. The summed E-state index contributed by atoms with van der Waals surface area (Å²) in [6.45, 7) is 2.00. The van der Waals surface area contributed by atoms with E-state index in [1.54, 1.807) is 0 Å². The van der Waals surface area contributed by atoms with Gasteiger partial charge in [0.25, 0.3) is 18.2 Å². The Balaban J connectivity index is 4.07. The van der Waals surface area contributed by atoms with Gasteiger partial charge in [0.15, 0.2) is 0 Å². The lowest BCUT2D eigenvalue weighted by atomic mass is 10.1. The van der Waals surface area contributed by atoms with Crippen molar-refractivity contribution in [2.24, 2.45) is 5.73 Å². The van der Waals surface area contributed by atoms with E-state index in [0.29, 0.717) is 6.42 Å². The van der Waals surface area contributed by atoms with Crippen LogP contribution in [0.15, 0.2) is 0 Å². The SMILES string of the molecule is CCCCCC(O)(OC=O)C(N)=O. The molecule has 0 saturated heterocycles. The Hall–Kier alpha value is -1.10. The number of hydrogen-bond acceptors (Lipinski definition) is 4. The third-order valence-corrected chi connectivity index (χ3v) is 1.75. The molecule has 0 bridgehead atoms. The van der Waals surface area contributed by atoms with Crippen molar-refractivity contribution in [3.05, 3.63) is 0 Å². The molecular formula is C8H15NO4. The van der Waals surface area contributed by atoms with Gasteiger partial charge in [-0.05, 0) is 6.42 Å². The normalized spacial score (nSPS) is 14.6. The van der Waals surface area contributed by atoms with Gasteiger partial charge in [-0.25, -0.2) is 0 Å². The summed E-state index contributed by atoms with van der Waals surface area (Å²) in [4.78, 5) is 20.7. The largest absolute Gasteiger partial charge is 0.426 e. The molecule has 3 N–H and O–H groups in total. The van der Waals surface area contributed by atoms with Gasteiger partial charge in [0, 0.05) is 6.42 Å². The zero-order valence-electron chi connectivity index (χ0n) is 7.66. The van der Waals surface area contributed by atoms with E-state index in [9.17, 15) is 14.7 Å². The number of nitrogens with two attached hydrogens (primary N) is 1. The molecule has 76 valence electrons. The molecule has 0 aliphatic rings. The molecular weight excluding hydrogens is 174 g/mol. The first-order valence-corrected chi connectivity index (χ1v) is 4.20. The Morgan fingerprint density at radius 3 is 2.62 bits per heavy atom. The summed E-state index contributed by atoms with van der Waals surface area (Å²) >= 11 is 0. The van der Waals surface area contributed by atoms with E-state index in [1.807, 2.05) is 6.92 Å². The standard InChI is InChI=1S/C8H15NO4/c1-2-3-4-5-8(12,7(9)11)13-6-10/h6,12H,2-5H2,1H3,(H2,9,11). The van der Waals surface area contributed by atoms with Crippen molar-refractivity contribution in [2.45, 2.75) is 38.4 Å². The number of ether oxygens (including phenoxy) is 1. The fraction of sp³-hybridized carbons (Fsp3) is 0.750. The van der Waals surface area contributed by atoms with Crippen molar-refractivity contribution >= 4 is 12.4 Å². The van der Waals surface area contributed by atoms with Crippen LogP contribution in [0.2, 0.25) is 0 Å². The van der Waals surface area contributed by atoms with Crippen molar-refractivity contribution < 1.29 is 19.4 Å². The van der Waals surface area contributed by atoms with Crippen LogP contribution in [0, 0.1) is 0 Å². The molecule has 0 aromatic heterocycles. The second kappa shape index (κ2) is 5.53. The monoisotopic (exact) mass is 189 g/mol. The lowest BCUT2D eigenvalue weighted by Gasteiger charge is -2.21. The minimum absolute atomic E-state index is 0.0245. The van der Waals surface area contributed by atoms with Gasteiger partial charge in [0.2, 0.25) is 0 Å². The number of aliphatic hydroxyl groups is 1. The van der Waals surface area contributed by atoms with Crippen molar-refractivity contribution in [3.8, 4) is 0 Å². The van der Waals surface area contributed by atoms with Gasteiger partial charge in [-0.15, -0.1) is 0 Å². The number of amides is 1. The first-order chi connectivity index (χ1) is 6.06. The van der Waals surface area contributed by atoms with Crippen molar-refractivity contribution in [1.29, 1.82) is 0 Å². The molecule has 0 spiro atoms. The Morgan fingerprint density at radius 1 is 1.62 bits per heavy atom. The molecule has 1 amide bonds.